The second-order valence-electron chi connectivity index (χ2n) is 9.56. The van der Waals surface area contributed by atoms with Gasteiger partial charge >= 0.3 is 0 Å². The fourth-order valence-electron chi connectivity index (χ4n) is 4.87. The number of pyridine rings is 1. The summed E-state index contributed by atoms with van der Waals surface area (Å²) in [4.78, 5) is 22.9. The number of aromatic nitrogens is 2. The molecule has 0 radical (unpaired) electrons. The predicted octanol–water partition coefficient (Wildman–Crippen LogP) is 3.82. The topological polar surface area (TPSA) is 80.5 Å². The number of carbonyl (C=O) groups is 1. The Balaban J connectivity index is 1.19. The molecule has 0 bridgehead atoms. The SMILES string of the molecule is Cc1ncc(CC(=O)NC2CCC(F)(CCN3CCc4ccc(OCC(F)F)nc4CC3)CC2)o1. The second-order valence-corrected chi connectivity index (χ2v) is 9.56. The van der Waals surface area contributed by atoms with E-state index in [9.17, 15) is 13.6 Å². The second kappa shape index (κ2) is 11.4. The molecule has 192 valence electrons. The van der Waals surface area contributed by atoms with Gasteiger partial charge in [0.15, 0.2) is 12.5 Å². The molecule has 3 heterocycles. The van der Waals surface area contributed by atoms with E-state index >= 15 is 4.39 Å². The van der Waals surface area contributed by atoms with E-state index in [-0.39, 0.29) is 24.2 Å². The average Bonchev–Trinajstić information content (AvgIpc) is 3.12. The summed E-state index contributed by atoms with van der Waals surface area (Å²) in [5, 5.41) is 3.00. The lowest BCUT2D eigenvalue weighted by atomic mass is 9.81. The molecule has 0 aromatic carbocycles. The molecule has 0 unspecified atom stereocenters. The van der Waals surface area contributed by atoms with Crippen LogP contribution in [0.2, 0.25) is 0 Å². The van der Waals surface area contributed by atoms with E-state index in [2.05, 4.69) is 20.2 Å². The van der Waals surface area contributed by atoms with Crippen LogP contribution in [0.4, 0.5) is 13.2 Å². The minimum Gasteiger partial charge on any atom is -0.472 e. The van der Waals surface area contributed by atoms with Crippen molar-refractivity contribution < 1.29 is 27.1 Å². The van der Waals surface area contributed by atoms with Crippen LogP contribution in [0.3, 0.4) is 0 Å². The molecule has 10 heteroatoms. The first-order valence-corrected chi connectivity index (χ1v) is 12.3. The minimum atomic E-state index is -2.53. The summed E-state index contributed by atoms with van der Waals surface area (Å²) in [5.74, 6) is 1.15. The third kappa shape index (κ3) is 7.43. The molecule has 1 saturated carbocycles. The van der Waals surface area contributed by atoms with Crippen LogP contribution in [0.15, 0.2) is 22.7 Å². The van der Waals surface area contributed by atoms with E-state index in [4.69, 9.17) is 9.15 Å². The number of alkyl halides is 3. The summed E-state index contributed by atoms with van der Waals surface area (Å²) >= 11 is 0. The van der Waals surface area contributed by atoms with Gasteiger partial charge in [-0.15, -0.1) is 0 Å². The molecule has 1 amide bonds. The number of fused-ring (bicyclic) bond motifs is 1. The third-order valence-corrected chi connectivity index (χ3v) is 6.89. The molecule has 2 aromatic rings. The van der Waals surface area contributed by atoms with E-state index < -0.39 is 18.7 Å². The van der Waals surface area contributed by atoms with Crippen molar-refractivity contribution >= 4 is 5.91 Å². The fourth-order valence-corrected chi connectivity index (χ4v) is 4.87. The molecule has 4 rings (SSSR count). The molecule has 1 aliphatic heterocycles. The number of ether oxygens (including phenoxy) is 1. The molecular formula is C25H33F3N4O3. The van der Waals surface area contributed by atoms with Gasteiger partial charge in [0.05, 0.1) is 12.6 Å². The Morgan fingerprint density at radius 3 is 2.77 bits per heavy atom. The Labute approximate surface area is 203 Å². The number of hydrogen-bond acceptors (Lipinski definition) is 6. The van der Waals surface area contributed by atoms with Gasteiger partial charge in [0.25, 0.3) is 6.43 Å². The Hall–Kier alpha value is -2.62. The lowest BCUT2D eigenvalue weighted by molar-refractivity contribution is -0.121. The quantitative estimate of drug-likeness (QED) is 0.571. The van der Waals surface area contributed by atoms with Gasteiger partial charge in [-0.05, 0) is 44.1 Å². The fraction of sp³-hybridized carbons (Fsp3) is 0.640. The molecule has 7 nitrogen and oxygen atoms in total. The highest BCUT2D eigenvalue weighted by Crippen LogP contribution is 2.35. The van der Waals surface area contributed by atoms with Crippen LogP contribution in [0.1, 0.15) is 55.0 Å². The van der Waals surface area contributed by atoms with Crippen molar-refractivity contribution in [3.63, 3.8) is 0 Å². The lowest BCUT2D eigenvalue weighted by Crippen LogP contribution is -2.43. The smallest absolute Gasteiger partial charge is 0.272 e. The molecular weight excluding hydrogens is 461 g/mol. The van der Waals surface area contributed by atoms with Crippen molar-refractivity contribution in [3.05, 3.63) is 41.2 Å². The number of amides is 1. The van der Waals surface area contributed by atoms with Crippen molar-refractivity contribution in [2.45, 2.75) is 76.4 Å². The number of nitrogens with one attached hydrogen (secondary N) is 1. The summed E-state index contributed by atoms with van der Waals surface area (Å²) < 4.78 is 50.7. The maximum Gasteiger partial charge on any atom is 0.272 e. The number of carbonyl (C=O) groups excluding carboxylic acids is 1. The Morgan fingerprint density at radius 2 is 2.06 bits per heavy atom. The Bertz CT molecular complexity index is 992. The van der Waals surface area contributed by atoms with Crippen LogP contribution in [0.25, 0.3) is 0 Å². The van der Waals surface area contributed by atoms with Crippen LogP contribution in [-0.2, 0) is 24.1 Å². The number of rotatable bonds is 9. The van der Waals surface area contributed by atoms with Crippen molar-refractivity contribution in [1.82, 2.24) is 20.2 Å². The zero-order chi connectivity index (χ0) is 24.8. The average molecular weight is 495 g/mol. The number of oxazole rings is 1. The van der Waals surface area contributed by atoms with Gasteiger partial charge < -0.3 is 19.4 Å². The van der Waals surface area contributed by atoms with Crippen molar-refractivity contribution in [2.24, 2.45) is 0 Å². The van der Waals surface area contributed by atoms with E-state index in [1.54, 1.807) is 19.2 Å². The summed E-state index contributed by atoms with van der Waals surface area (Å²) in [6.07, 6.45) is 3.19. The van der Waals surface area contributed by atoms with Crippen molar-refractivity contribution in [1.29, 1.82) is 0 Å². The molecule has 2 aliphatic rings. The normalized spacial score (nSPS) is 23.1. The molecule has 35 heavy (non-hydrogen) atoms. The highest BCUT2D eigenvalue weighted by atomic mass is 19.3. The molecule has 2 aromatic heterocycles. The molecule has 1 N–H and O–H groups in total. The minimum absolute atomic E-state index is 0.0179. The summed E-state index contributed by atoms with van der Waals surface area (Å²) in [5.41, 5.74) is 0.728. The number of hydrogen-bond donors (Lipinski definition) is 1. The largest absolute Gasteiger partial charge is 0.472 e. The van der Waals surface area contributed by atoms with Crippen LogP contribution >= 0.6 is 0 Å². The first kappa shape index (κ1) is 25.5. The predicted molar refractivity (Wildman–Crippen MR) is 123 cm³/mol. The summed E-state index contributed by atoms with van der Waals surface area (Å²) in [7, 11) is 0. The molecule has 1 aliphatic carbocycles. The van der Waals surface area contributed by atoms with Gasteiger partial charge in [-0.25, -0.2) is 23.1 Å². The van der Waals surface area contributed by atoms with Gasteiger partial charge in [-0.1, -0.05) is 6.07 Å². The maximum atomic E-state index is 15.5. The van der Waals surface area contributed by atoms with Crippen LogP contribution in [0, 0.1) is 6.92 Å². The van der Waals surface area contributed by atoms with Gasteiger partial charge in [0, 0.05) is 50.8 Å². The number of nitrogens with zero attached hydrogens (tertiary/aromatic N) is 3. The Morgan fingerprint density at radius 1 is 1.29 bits per heavy atom. The van der Waals surface area contributed by atoms with E-state index in [0.717, 1.165) is 30.8 Å². The van der Waals surface area contributed by atoms with Gasteiger partial charge in [0.1, 0.15) is 11.4 Å². The van der Waals surface area contributed by atoms with Gasteiger partial charge in [-0.2, -0.15) is 0 Å². The standard InChI is InChI=1S/C25H33F3N4O3/c1-17-29-15-20(35-17)14-23(33)30-19-4-8-25(28,9-5-19)10-13-32-11-6-18-2-3-24(34-16-22(26)27)31-21(18)7-12-32/h2-3,15,19,22H,4-14,16H2,1H3,(H,30,33). The van der Waals surface area contributed by atoms with Crippen molar-refractivity contribution in [2.75, 3.05) is 26.2 Å². The lowest BCUT2D eigenvalue weighted by Gasteiger charge is -2.35. The first-order valence-electron chi connectivity index (χ1n) is 12.3. The van der Waals surface area contributed by atoms with Gasteiger partial charge in [0.2, 0.25) is 11.8 Å². The zero-order valence-electron chi connectivity index (χ0n) is 20.1. The van der Waals surface area contributed by atoms with Crippen LogP contribution in [0.5, 0.6) is 5.88 Å². The molecule has 1 fully saturated rings. The highest BCUT2D eigenvalue weighted by molar-refractivity contribution is 5.78. The number of halogens is 3. The highest BCUT2D eigenvalue weighted by Gasteiger charge is 2.36. The molecule has 0 spiro atoms. The zero-order valence-corrected chi connectivity index (χ0v) is 20.1. The van der Waals surface area contributed by atoms with Crippen molar-refractivity contribution in [3.8, 4) is 5.88 Å². The summed E-state index contributed by atoms with van der Waals surface area (Å²) in [6.45, 7) is 3.27. The maximum absolute atomic E-state index is 15.5. The first-order chi connectivity index (χ1) is 16.8. The van der Waals surface area contributed by atoms with Crippen LogP contribution < -0.4 is 10.1 Å². The van der Waals surface area contributed by atoms with E-state index in [0.29, 0.717) is 56.7 Å². The van der Waals surface area contributed by atoms with E-state index in [1.165, 1.54) is 0 Å². The number of aryl methyl sites for hydroxylation is 1. The van der Waals surface area contributed by atoms with E-state index in [1.807, 2.05) is 6.07 Å². The Kier molecular flexibility index (Phi) is 8.30. The summed E-state index contributed by atoms with van der Waals surface area (Å²) in [6, 6.07) is 3.51. The molecule has 0 atom stereocenters. The monoisotopic (exact) mass is 494 g/mol. The third-order valence-electron chi connectivity index (χ3n) is 6.89. The van der Waals surface area contributed by atoms with Gasteiger partial charge in [-0.3, -0.25) is 4.79 Å². The van der Waals surface area contributed by atoms with Crippen LogP contribution in [-0.4, -0.2) is 65.2 Å². The molecule has 0 saturated heterocycles.